The zero-order valence-electron chi connectivity index (χ0n) is 11.4. The van der Waals surface area contributed by atoms with Crippen molar-refractivity contribution in [3.05, 3.63) is 0 Å². The third kappa shape index (κ3) is 3.04. The van der Waals surface area contributed by atoms with Gasteiger partial charge in [0.1, 0.15) is 0 Å². The van der Waals surface area contributed by atoms with Crippen molar-refractivity contribution in [2.75, 3.05) is 7.11 Å². The van der Waals surface area contributed by atoms with Crippen molar-refractivity contribution < 1.29 is 9.53 Å². The Balaban J connectivity index is 5.49. The average Bonchev–Trinajstić information content (AvgIpc) is 2.09. The van der Waals surface area contributed by atoms with E-state index in [1.165, 1.54) is 7.11 Å². The molecule has 0 rings (SSSR count). The molecule has 94 valence electrons. The highest BCUT2D eigenvalue weighted by molar-refractivity contribution is 6.00. The summed E-state index contributed by atoms with van der Waals surface area (Å²) in [7, 11) is 1.34. The minimum Gasteiger partial charge on any atom is -0.467 e. The first-order valence-corrected chi connectivity index (χ1v) is 5.39. The molecule has 0 bridgehead atoms. The molecule has 1 atom stereocenters. The molecule has 0 aliphatic rings. The lowest BCUT2D eigenvalue weighted by molar-refractivity contribution is -0.150. The minimum atomic E-state index is -1.10. The van der Waals surface area contributed by atoms with E-state index in [-0.39, 0.29) is 5.54 Å². The molecular weight excluding hydrogens is 204 g/mol. The first-order valence-electron chi connectivity index (χ1n) is 5.39. The summed E-state index contributed by atoms with van der Waals surface area (Å²) in [5.41, 5.74) is -1.81. The summed E-state index contributed by atoms with van der Waals surface area (Å²) >= 11 is 0. The lowest BCUT2D eigenvalue weighted by Gasteiger charge is -2.44. The zero-order chi connectivity index (χ0) is 13.2. The molecular formula is C12H24N2O2. The Morgan fingerprint density at radius 1 is 1.19 bits per heavy atom. The van der Waals surface area contributed by atoms with Crippen molar-refractivity contribution in [3.63, 3.8) is 0 Å². The fourth-order valence-corrected chi connectivity index (χ4v) is 1.61. The second-order valence-corrected chi connectivity index (χ2v) is 6.07. The molecule has 0 aromatic carbocycles. The number of esters is 1. The molecule has 0 spiro atoms. The second-order valence-electron chi connectivity index (χ2n) is 6.07. The van der Waals surface area contributed by atoms with Crippen LogP contribution in [-0.2, 0) is 9.53 Å². The van der Waals surface area contributed by atoms with Gasteiger partial charge in [0.2, 0.25) is 0 Å². The number of rotatable bonds is 3. The summed E-state index contributed by atoms with van der Waals surface area (Å²) in [5.74, 6) is -0.426. The summed E-state index contributed by atoms with van der Waals surface area (Å²) in [6.07, 6.45) is 1.14. The van der Waals surface area contributed by atoms with Gasteiger partial charge in [-0.05, 0) is 26.2 Å². The summed E-state index contributed by atoms with van der Waals surface area (Å²) in [6.45, 7) is 11.6. The van der Waals surface area contributed by atoms with E-state index in [0.717, 1.165) is 6.21 Å². The lowest BCUT2D eigenvalue weighted by Crippen LogP contribution is -2.67. The molecule has 4 nitrogen and oxygen atoms in total. The zero-order valence-corrected chi connectivity index (χ0v) is 11.4. The van der Waals surface area contributed by atoms with Gasteiger partial charge in [-0.15, -0.1) is 0 Å². The van der Waals surface area contributed by atoms with Crippen LogP contribution in [0, 0.1) is 10.8 Å². The van der Waals surface area contributed by atoms with Crippen LogP contribution >= 0.6 is 0 Å². The molecule has 0 fully saturated rings. The van der Waals surface area contributed by atoms with Gasteiger partial charge in [-0.1, -0.05) is 20.8 Å². The van der Waals surface area contributed by atoms with Gasteiger partial charge in [-0.2, -0.15) is 0 Å². The van der Waals surface area contributed by atoms with Crippen LogP contribution in [0.15, 0.2) is 0 Å². The van der Waals surface area contributed by atoms with E-state index in [4.69, 9.17) is 10.1 Å². The number of methoxy groups -OCH3 is 1. The van der Waals surface area contributed by atoms with E-state index in [1.807, 2.05) is 41.5 Å². The summed E-state index contributed by atoms with van der Waals surface area (Å²) in [4.78, 5) is 12.0. The highest BCUT2D eigenvalue weighted by Crippen LogP contribution is 2.32. The first kappa shape index (κ1) is 15.1. The van der Waals surface area contributed by atoms with Crippen LogP contribution in [0.1, 0.15) is 41.5 Å². The molecule has 0 aromatic heterocycles. The number of ether oxygens (including phenoxy) is 1. The van der Waals surface area contributed by atoms with Crippen molar-refractivity contribution in [3.8, 4) is 0 Å². The molecule has 1 unspecified atom stereocenters. The maximum absolute atomic E-state index is 12.0. The fraction of sp³-hybridized carbons (Fsp3) is 0.833. The molecule has 0 aliphatic carbocycles. The number of nitrogens with one attached hydrogen (secondary N) is 2. The largest absolute Gasteiger partial charge is 0.467 e. The summed E-state index contributed by atoms with van der Waals surface area (Å²) < 4.78 is 4.83. The Labute approximate surface area is 98.3 Å². The number of carbonyl (C=O) groups excluding carboxylic acids is 1. The Hall–Kier alpha value is -0.900. The number of hydrogen-bond acceptors (Lipinski definition) is 4. The van der Waals surface area contributed by atoms with Gasteiger partial charge < -0.3 is 10.1 Å². The van der Waals surface area contributed by atoms with Gasteiger partial charge in [-0.25, -0.2) is 4.79 Å². The smallest absolute Gasteiger partial charge is 0.332 e. The summed E-state index contributed by atoms with van der Waals surface area (Å²) in [6, 6.07) is 0. The molecule has 2 N–H and O–H groups in total. The van der Waals surface area contributed by atoms with Crippen molar-refractivity contribution in [1.29, 1.82) is 5.41 Å². The van der Waals surface area contributed by atoms with E-state index >= 15 is 0 Å². The van der Waals surface area contributed by atoms with E-state index < -0.39 is 16.9 Å². The highest BCUT2D eigenvalue weighted by Gasteiger charge is 2.50. The Morgan fingerprint density at radius 2 is 1.62 bits per heavy atom. The van der Waals surface area contributed by atoms with Crippen molar-refractivity contribution in [2.45, 2.75) is 52.6 Å². The van der Waals surface area contributed by atoms with Gasteiger partial charge >= 0.3 is 5.97 Å². The Morgan fingerprint density at radius 3 is 1.81 bits per heavy atom. The van der Waals surface area contributed by atoms with E-state index in [1.54, 1.807) is 0 Å². The predicted octanol–water partition coefficient (Wildman–Crippen LogP) is 1.98. The molecule has 0 amide bonds. The maximum atomic E-state index is 12.0. The van der Waals surface area contributed by atoms with Crippen LogP contribution < -0.4 is 5.32 Å². The van der Waals surface area contributed by atoms with Gasteiger partial charge in [0.25, 0.3) is 0 Å². The normalized spacial score (nSPS) is 16.4. The number of carbonyl (C=O) groups is 1. The van der Waals surface area contributed by atoms with Crippen LogP contribution in [0.2, 0.25) is 0 Å². The SMILES string of the molecule is COC(=O)C(C=N)(NC(C)(C)C)C(C)(C)C. The van der Waals surface area contributed by atoms with Crippen molar-refractivity contribution >= 4 is 12.2 Å². The van der Waals surface area contributed by atoms with Crippen molar-refractivity contribution in [1.82, 2.24) is 5.32 Å². The number of hydrogen-bond donors (Lipinski definition) is 2. The van der Waals surface area contributed by atoms with Crippen molar-refractivity contribution in [2.24, 2.45) is 5.41 Å². The van der Waals surface area contributed by atoms with Crippen LogP contribution in [0.25, 0.3) is 0 Å². The topological polar surface area (TPSA) is 62.2 Å². The van der Waals surface area contributed by atoms with Gasteiger partial charge in [0.05, 0.1) is 7.11 Å². The minimum absolute atomic E-state index is 0.279. The maximum Gasteiger partial charge on any atom is 0.332 e. The van der Waals surface area contributed by atoms with Crippen LogP contribution in [-0.4, -0.2) is 30.4 Å². The van der Waals surface area contributed by atoms with Crippen LogP contribution in [0.4, 0.5) is 0 Å². The van der Waals surface area contributed by atoms with E-state index in [0.29, 0.717) is 0 Å². The second kappa shape index (κ2) is 4.53. The Bertz CT molecular complexity index is 274. The molecule has 0 heterocycles. The molecule has 4 heteroatoms. The highest BCUT2D eigenvalue weighted by atomic mass is 16.5. The third-order valence-electron chi connectivity index (χ3n) is 2.48. The van der Waals surface area contributed by atoms with Gasteiger partial charge in [0, 0.05) is 11.8 Å². The molecule has 0 saturated heterocycles. The monoisotopic (exact) mass is 228 g/mol. The molecule has 0 saturated carbocycles. The average molecular weight is 228 g/mol. The van der Waals surface area contributed by atoms with Crippen LogP contribution in [0.3, 0.4) is 0 Å². The molecule has 0 aliphatic heterocycles. The predicted molar refractivity (Wildman–Crippen MR) is 65.9 cm³/mol. The standard InChI is InChI=1S/C12H24N2O2/c1-10(2,3)12(8-13,9(15)16-7)14-11(4,5)6/h8,13-14H,1-7H3. The Kier molecular flexibility index (Phi) is 4.28. The quantitative estimate of drug-likeness (QED) is 0.573. The fourth-order valence-electron chi connectivity index (χ4n) is 1.61. The van der Waals surface area contributed by atoms with E-state index in [2.05, 4.69) is 5.32 Å². The first-order chi connectivity index (χ1) is 7.00. The molecule has 16 heavy (non-hydrogen) atoms. The van der Waals surface area contributed by atoms with Gasteiger partial charge in [0.15, 0.2) is 5.54 Å². The molecule has 0 radical (unpaired) electrons. The molecule has 0 aromatic rings. The summed E-state index contributed by atoms with van der Waals surface area (Å²) in [5, 5.41) is 10.8. The van der Waals surface area contributed by atoms with Crippen LogP contribution in [0.5, 0.6) is 0 Å². The lowest BCUT2D eigenvalue weighted by atomic mass is 9.73. The third-order valence-corrected chi connectivity index (χ3v) is 2.48. The van der Waals surface area contributed by atoms with Gasteiger partial charge in [-0.3, -0.25) is 5.32 Å². The van der Waals surface area contributed by atoms with E-state index in [9.17, 15) is 4.79 Å².